The molecule has 2 fully saturated rings. The molecular weight excluding hydrogens is 138 g/mol. The number of nitrogens with two attached hydrogens (primary N) is 1. The molecule has 0 amide bonds. The van der Waals surface area contributed by atoms with Crippen molar-refractivity contribution in [2.75, 3.05) is 0 Å². The van der Waals surface area contributed by atoms with E-state index in [1.807, 2.05) is 0 Å². The first-order valence-corrected chi connectivity index (χ1v) is 4.44. The standard InChI is InChI=1S/C9H17NO/c1-8(2)6-3-4-9(10,5-6)7(8)11/h6-7,11H,3-5,10H2,1-2H3/t6-,7+,9-/m1/s1. The number of hydrogen-bond acceptors (Lipinski definition) is 2. The quantitative estimate of drug-likeness (QED) is 0.545. The largest absolute Gasteiger partial charge is 0.391 e. The SMILES string of the molecule is CC1(C)[C@@H]2CC[C@@](N)(C2)[C@H]1O. The van der Waals surface area contributed by atoms with E-state index in [9.17, 15) is 5.11 Å². The normalized spacial score (nSPS) is 53.5. The van der Waals surface area contributed by atoms with E-state index in [1.165, 1.54) is 6.42 Å². The minimum Gasteiger partial charge on any atom is -0.391 e. The summed E-state index contributed by atoms with van der Waals surface area (Å²) in [4.78, 5) is 0. The van der Waals surface area contributed by atoms with Gasteiger partial charge in [0, 0.05) is 5.54 Å². The lowest BCUT2D eigenvalue weighted by Crippen LogP contribution is -2.51. The Balaban J connectivity index is 2.34. The van der Waals surface area contributed by atoms with E-state index in [2.05, 4.69) is 13.8 Å². The minimum absolute atomic E-state index is 0.0625. The highest BCUT2D eigenvalue weighted by molar-refractivity contribution is 5.14. The molecule has 0 saturated heterocycles. The minimum atomic E-state index is -0.284. The maximum atomic E-state index is 9.88. The molecule has 64 valence electrons. The van der Waals surface area contributed by atoms with Crippen molar-refractivity contribution in [1.82, 2.24) is 0 Å². The highest BCUT2D eigenvalue weighted by Crippen LogP contribution is 2.56. The number of aliphatic hydroxyl groups is 1. The summed E-state index contributed by atoms with van der Waals surface area (Å²) in [5.41, 5.74) is 5.89. The fourth-order valence-electron chi connectivity index (χ4n) is 2.95. The number of rotatable bonds is 0. The van der Waals surface area contributed by atoms with Crippen molar-refractivity contribution in [3.63, 3.8) is 0 Å². The molecule has 2 heteroatoms. The molecule has 3 N–H and O–H groups in total. The smallest absolute Gasteiger partial charge is 0.0773 e. The van der Waals surface area contributed by atoms with Gasteiger partial charge in [-0.05, 0) is 30.6 Å². The molecule has 2 rings (SSSR count). The van der Waals surface area contributed by atoms with Gasteiger partial charge < -0.3 is 10.8 Å². The topological polar surface area (TPSA) is 46.2 Å². The van der Waals surface area contributed by atoms with Crippen LogP contribution in [0.2, 0.25) is 0 Å². The zero-order valence-electron chi connectivity index (χ0n) is 7.30. The molecule has 0 aromatic rings. The van der Waals surface area contributed by atoms with E-state index in [-0.39, 0.29) is 17.1 Å². The van der Waals surface area contributed by atoms with E-state index < -0.39 is 0 Å². The fourth-order valence-corrected chi connectivity index (χ4v) is 2.95. The average Bonchev–Trinajstić information content (AvgIpc) is 2.36. The van der Waals surface area contributed by atoms with Gasteiger partial charge in [-0.3, -0.25) is 0 Å². The summed E-state index contributed by atoms with van der Waals surface area (Å²) in [6, 6.07) is 0. The first-order chi connectivity index (χ1) is 4.97. The van der Waals surface area contributed by atoms with Gasteiger partial charge in [0.2, 0.25) is 0 Å². The Bertz CT molecular complexity index is 185. The van der Waals surface area contributed by atoms with Crippen LogP contribution in [0.5, 0.6) is 0 Å². The second kappa shape index (κ2) is 1.80. The van der Waals surface area contributed by atoms with Gasteiger partial charge in [0.25, 0.3) is 0 Å². The summed E-state index contributed by atoms with van der Waals surface area (Å²) >= 11 is 0. The van der Waals surface area contributed by atoms with Gasteiger partial charge in [-0.25, -0.2) is 0 Å². The van der Waals surface area contributed by atoms with Gasteiger partial charge in [-0.1, -0.05) is 13.8 Å². The molecule has 0 spiro atoms. The molecule has 11 heavy (non-hydrogen) atoms. The van der Waals surface area contributed by atoms with Crippen LogP contribution in [-0.4, -0.2) is 16.7 Å². The average molecular weight is 155 g/mol. The van der Waals surface area contributed by atoms with E-state index in [0.29, 0.717) is 5.92 Å². The number of fused-ring (bicyclic) bond motifs is 2. The summed E-state index contributed by atoms with van der Waals surface area (Å²) < 4.78 is 0. The zero-order chi connectivity index (χ0) is 8.28. The Labute approximate surface area is 67.8 Å². The van der Waals surface area contributed by atoms with Crippen LogP contribution >= 0.6 is 0 Å². The molecule has 0 heterocycles. The van der Waals surface area contributed by atoms with Crippen LogP contribution in [0.1, 0.15) is 33.1 Å². The third kappa shape index (κ3) is 0.744. The highest BCUT2D eigenvalue weighted by atomic mass is 16.3. The fraction of sp³-hybridized carbons (Fsp3) is 1.00. The monoisotopic (exact) mass is 155 g/mol. The van der Waals surface area contributed by atoms with Crippen LogP contribution in [0.15, 0.2) is 0 Å². The Kier molecular flexibility index (Phi) is 1.24. The van der Waals surface area contributed by atoms with Gasteiger partial charge in [0.1, 0.15) is 0 Å². The lowest BCUT2D eigenvalue weighted by Gasteiger charge is -2.38. The van der Waals surface area contributed by atoms with Crippen molar-refractivity contribution in [2.24, 2.45) is 17.1 Å². The number of hydrogen-bond donors (Lipinski definition) is 2. The van der Waals surface area contributed by atoms with Crippen molar-refractivity contribution >= 4 is 0 Å². The highest BCUT2D eigenvalue weighted by Gasteiger charge is 2.59. The first-order valence-electron chi connectivity index (χ1n) is 4.44. The van der Waals surface area contributed by atoms with Gasteiger partial charge in [-0.2, -0.15) is 0 Å². The lowest BCUT2D eigenvalue weighted by atomic mass is 9.73. The number of aliphatic hydroxyl groups excluding tert-OH is 1. The Morgan fingerprint density at radius 3 is 2.36 bits per heavy atom. The Morgan fingerprint density at radius 2 is 2.09 bits per heavy atom. The van der Waals surface area contributed by atoms with Crippen LogP contribution < -0.4 is 5.73 Å². The summed E-state index contributed by atoms with van der Waals surface area (Å²) in [6.07, 6.45) is 2.97. The van der Waals surface area contributed by atoms with Crippen molar-refractivity contribution in [3.05, 3.63) is 0 Å². The summed E-state index contributed by atoms with van der Waals surface area (Å²) in [5, 5.41) is 9.88. The third-order valence-corrected chi connectivity index (χ3v) is 3.89. The van der Waals surface area contributed by atoms with Crippen LogP contribution in [0.4, 0.5) is 0 Å². The lowest BCUT2D eigenvalue weighted by molar-refractivity contribution is -0.00710. The first kappa shape index (κ1) is 7.56. The summed E-state index contributed by atoms with van der Waals surface area (Å²) in [7, 11) is 0. The van der Waals surface area contributed by atoms with E-state index >= 15 is 0 Å². The molecule has 0 radical (unpaired) electrons. The second-order valence-corrected chi connectivity index (χ2v) is 4.90. The van der Waals surface area contributed by atoms with E-state index in [4.69, 9.17) is 5.73 Å². The molecule has 2 saturated carbocycles. The van der Waals surface area contributed by atoms with Gasteiger partial charge in [0.05, 0.1) is 6.10 Å². The predicted octanol–water partition coefficient (Wildman–Crippen LogP) is 0.885. The molecule has 0 unspecified atom stereocenters. The van der Waals surface area contributed by atoms with Crippen molar-refractivity contribution in [2.45, 2.75) is 44.8 Å². The van der Waals surface area contributed by atoms with Crippen molar-refractivity contribution in [3.8, 4) is 0 Å². The second-order valence-electron chi connectivity index (χ2n) is 4.90. The Morgan fingerprint density at radius 1 is 1.45 bits per heavy atom. The Hall–Kier alpha value is -0.0800. The molecule has 0 aliphatic heterocycles. The molecule has 2 bridgehead atoms. The predicted molar refractivity (Wildman–Crippen MR) is 44.0 cm³/mol. The molecule has 0 aromatic carbocycles. The molecule has 2 nitrogen and oxygen atoms in total. The molecular formula is C9H17NO. The maximum Gasteiger partial charge on any atom is 0.0773 e. The van der Waals surface area contributed by atoms with Crippen molar-refractivity contribution in [1.29, 1.82) is 0 Å². The van der Waals surface area contributed by atoms with Gasteiger partial charge in [0.15, 0.2) is 0 Å². The maximum absolute atomic E-state index is 9.88. The summed E-state index contributed by atoms with van der Waals surface area (Å²) in [6.45, 7) is 4.27. The summed E-state index contributed by atoms with van der Waals surface area (Å²) in [5.74, 6) is 0.655. The molecule has 3 atom stereocenters. The zero-order valence-corrected chi connectivity index (χ0v) is 7.30. The van der Waals surface area contributed by atoms with Gasteiger partial charge >= 0.3 is 0 Å². The van der Waals surface area contributed by atoms with E-state index in [1.54, 1.807) is 0 Å². The van der Waals surface area contributed by atoms with Crippen molar-refractivity contribution < 1.29 is 5.11 Å². The van der Waals surface area contributed by atoms with Crippen LogP contribution in [0.3, 0.4) is 0 Å². The third-order valence-electron chi connectivity index (χ3n) is 3.89. The van der Waals surface area contributed by atoms with Crippen LogP contribution in [-0.2, 0) is 0 Å². The molecule has 2 aliphatic carbocycles. The van der Waals surface area contributed by atoms with Gasteiger partial charge in [-0.15, -0.1) is 0 Å². The molecule has 0 aromatic heterocycles. The van der Waals surface area contributed by atoms with Crippen LogP contribution in [0, 0.1) is 11.3 Å². The molecule has 2 aliphatic rings. The van der Waals surface area contributed by atoms with E-state index in [0.717, 1.165) is 12.8 Å². The van der Waals surface area contributed by atoms with Crippen LogP contribution in [0.25, 0.3) is 0 Å².